The van der Waals surface area contributed by atoms with E-state index in [0.717, 1.165) is 29.7 Å². The summed E-state index contributed by atoms with van der Waals surface area (Å²) in [5.41, 5.74) is 2.86. The molecule has 3 aromatic carbocycles. The molecule has 2 aliphatic heterocycles. The molecule has 0 aliphatic carbocycles. The van der Waals surface area contributed by atoms with Gasteiger partial charge in [-0.15, -0.1) is 0 Å². The third-order valence-corrected chi connectivity index (χ3v) is 6.23. The Balaban J connectivity index is 1.52. The summed E-state index contributed by atoms with van der Waals surface area (Å²) in [6, 6.07) is 19.3. The molecule has 6 heteroatoms. The first-order valence-corrected chi connectivity index (χ1v) is 11.1. The van der Waals surface area contributed by atoms with Gasteiger partial charge in [-0.1, -0.05) is 30.3 Å². The van der Waals surface area contributed by atoms with Crippen LogP contribution in [0.15, 0.2) is 66.7 Å². The lowest BCUT2D eigenvalue weighted by molar-refractivity contribution is -0.132. The van der Waals surface area contributed by atoms with Crippen LogP contribution in [0.3, 0.4) is 0 Å². The molecular weight excluding hydrogens is 419 g/mol. The van der Waals surface area contributed by atoms with Crippen molar-refractivity contribution in [3.8, 4) is 5.75 Å². The van der Waals surface area contributed by atoms with Crippen molar-refractivity contribution in [3.05, 3.63) is 89.2 Å². The molecule has 0 unspecified atom stereocenters. The van der Waals surface area contributed by atoms with Crippen molar-refractivity contribution >= 4 is 23.2 Å². The summed E-state index contributed by atoms with van der Waals surface area (Å²) in [6.45, 7) is 4.34. The Bertz CT molecular complexity index is 1240. The maximum atomic E-state index is 13.5. The monoisotopic (exact) mass is 444 g/mol. The molecule has 3 aromatic rings. The molecule has 5 rings (SSSR count). The SMILES string of the molecule is CC1(C)Oc2ccc(C(=O)N3CCCc4ccccc43)cc2N(Cc2ccc(F)cc2)C1=O. The van der Waals surface area contributed by atoms with E-state index in [1.54, 1.807) is 54.0 Å². The van der Waals surface area contributed by atoms with Gasteiger partial charge < -0.3 is 14.5 Å². The minimum absolute atomic E-state index is 0.107. The number of rotatable bonds is 3. The molecule has 0 spiro atoms. The molecule has 0 N–H and O–H groups in total. The molecule has 0 atom stereocenters. The van der Waals surface area contributed by atoms with E-state index in [4.69, 9.17) is 4.74 Å². The van der Waals surface area contributed by atoms with Crippen LogP contribution in [0.2, 0.25) is 0 Å². The van der Waals surface area contributed by atoms with Crippen molar-refractivity contribution in [3.63, 3.8) is 0 Å². The molecule has 5 nitrogen and oxygen atoms in total. The molecule has 0 saturated carbocycles. The zero-order valence-electron chi connectivity index (χ0n) is 18.7. The number of carbonyl (C=O) groups excluding carboxylic acids is 2. The fraction of sp³-hybridized carbons (Fsp3) is 0.259. The topological polar surface area (TPSA) is 49.9 Å². The van der Waals surface area contributed by atoms with Crippen LogP contribution >= 0.6 is 0 Å². The van der Waals surface area contributed by atoms with Gasteiger partial charge in [-0.3, -0.25) is 9.59 Å². The summed E-state index contributed by atoms with van der Waals surface area (Å²) in [4.78, 5) is 30.2. The highest BCUT2D eigenvalue weighted by Crippen LogP contribution is 2.40. The number of nitrogens with zero attached hydrogens (tertiary/aromatic N) is 2. The van der Waals surface area contributed by atoms with Gasteiger partial charge in [0.2, 0.25) is 0 Å². The van der Waals surface area contributed by atoms with Crippen molar-refractivity contribution in [2.45, 2.75) is 38.8 Å². The van der Waals surface area contributed by atoms with E-state index in [1.807, 2.05) is 18.2 Å². The molecule has 0 radical (unpaired) electrons. The Labute approximate surface area is 192 Å². The van der Waals surface area contributed by atoms with Crippen LogP contribution in [0.25, 0.3) is 0 Å². The number of anilines is 2. The summed E-state index contributed by atoms with van der Waals surface area (Å²) >= 11 is 0. The largest absolute Gasteiger partial charge is 0.476 e. The standard InChI is InChI=1S/C27H25FN2O3/c1-27(2)26(32)30(17-18-9-12-21(28)13-10-18)23-16-20(11-14-24(23)33-27)25(31)29-15-5-7-19-6-3-4-8-22(19)29/h3-4,6,8-14,16H,5,7,15,17H2,1-2H3. The lowest BCUT2D eigenvalue weighted by Crippen LogP contribution is -2.52. The first-order valence-electron chi connectivity index (χ1n) is 11.1. The Morgan fingerprint density at radius 3 is 2.58 bits per heavy atom. The minimum atomic E-state index is -1.05. The number of ether oxygens (including phenoxy) is 1. The third-order valence-electron chi connectivity index (χ3n) is 6.23. The van der Waals surface area contributed by atoms with E-state index < -0.39 is 5.60 Å². The molecule has 0 aromatic heterocycles. The highest BCUT2D eigenvalue weighted by Gasteiger charge is 2.41. The Morgan fingerprint density at radius 1 is 1.03 bits per heavy atom. The summed E-state index contributed by atoms with van der Waals surface area (Å²) in [7, 11) is 0. The van der Waals surface area contributed by atoms with Crippen molar-refractivity contribution < 1.29 is 18.7 Å². The van der Waals surface area contributed by atoms with Gasteiger partial charge in [0.15, 0.2) is 5.60 Å². The molecule has 2 amide bonds. The van der Waals surface area contributed by atoms with Crippen LogP contribution in [0.1, 0.15) is 41.8 Å². The molecular formula is C27H25FN2O3. The molecule has 33 heavy (non-hydrogen) atoms. The Kier molecular flexibility index (Phi) is 5.16. The predicted octanol–water partition coefficient (Wildman–Crippen LogP) is 5.12. The molecule has 2 heterocycles. The molecule has 0 bridgehead atoms. The van der Waals surface area contributed by atoms with Gasteiger partial charge >= 0.3 is 0 Å². The number of fused-ring (bicyclic) bond motifs is 2. The minimum Gasteiger partial charge on any atom is -0.476 e. The average molecular weight is 445 g/mol. The first kappa shape index (κ1) is 21.2. The second-order valence-electron chi connectivity index (χ2n) is 9.00. The molecule has 0 fully saturated rings. The van der Waals surface area contributed by atoms with E-state index in [-0.39, 0.29) is 24.2 Å². The number of halogens is 1. The van der Waals surface area contributed by atoms with E-state index >= 15 is 0 Å². The Morgan fingerprint density at radius 2 is 1.79 bits per heavy atom. The van der Waals surface area contributed by atoms with Gasteiger partial charge in [0, 0.05) is 17.8 Å². The Hall–Kier alpha value is -3.67. The number of amides is 2. The van der Waals surface area contributed by atoms with Crippen molar-refractivity contribution in [2.75, 3.05) is 16.3 Å². The van der Waals surface area contributed by atoms with Gasteiger partial charge in [0.25, 0.3) is 11.8 Å². The molecule has 2 aliphatic rings. The molecule has 0 saturated heterocycles. The van der Waals surface area contributed by atoms with E-state index in [0.29, 0.717) is 23.5 Å². The van der Waals surface area contributed by atoms with Crippen LogP contribution in [0.5, 0.6) is 5.75 Å². The maximum Gasteiger partial charge on any atom is 0.271 e. The number of aryl methyl sites for hydroxylation is 1. The number of hydrogen-bond acceptors (Lipinski definition) is 3. The van der Waals surface area contributed by atoms with Crippen LogP contribution < -0.4 is 14.5 Å². The summed E-state index contributed by atoms with van der Waals surface area (Å²) in [6.07, 6.45) is 1.85. The normalized spacial score (nSPS) is 16.6. The number of hydrogen-bond donors (Lipinski definition) is 0. The maximum absolute atomic E-state index is 13.5. The lowest BCUT2D eigenvalue weighted by Gasteiger charge is -2.39. The van der Waals surface area contributed by atoms with Crippen molar-refractivity contribution in [1.82, 2.24) is 0 Å². The second kappa shape index (κ2) is 8.03. The lowest BCUT2D eigenvalue weighted by atomic mass is 9.99. The summed E-state index contributed by atoms with van der Waals surface area (Å²) in [5, 5.41) is 0. The zero-order chi connectivity index (χ0) is 23.2. The summed E-state index contributed by atoms with van der Waals surface area (Å²) in [5.74, 6) is -0.115. The number of para-hydroxylation sites is 1. The van der Waals surface area contributed by atoms with Crippen molar-refractivity contribution in [1.29, 1.82) is 0 Å². The predicted molar refractivity (Wildman–Crippen MR) is 125 cm³/mol. The van der Waals surface area contributed by atoms with E-state index in [2.05, 4.69) is 6.07 Å². The smallest absolute Gasteiger partial charge is 0.271 e. The van der Waals surface area contributed by atoms with Gasteiger partial charge in [-0.05, 0) is 74.2 Å². The highest BCUT2D eigenvalue weighted by atomic mass is 19.1. The zero-order valence-corrected chi connectivity index (χ0v) is 18.7. The fourth-order valence-corrected chi connectivity index (χ4v) is 4.53. The van der Waals surface area contributed by atoms with Crippen LogP contribution in [0.4, 0.5) is 15.8 Å². The summed E-state index contributed by atoms with van der Waals surface area (Å²) < 4.78 is 19.4. The fourth-order valence-electron chi connectivity index (χ4n) is 4.53. The van der Waals surface area contributed by atoms with Crippen LogP contribution in [-0.4, -0.2) is 24.0 Å². The van der Waals surface area contributed by atoms with Crippen LogP contribution in [-0.2, 0) is 17.8 Å². The third kappa shape index (κ3) is 3.86. The first-order chi connectivity index (χ1) is 15.8. The second-order valence-corrected chi connectivity index (χ2v) is 9.00. The van der Waals surface area contributed by atoms with Gasteiger partial charge in [-0.2, -0.15) is 0 Å². The van der Waals surface area contributed by atoms with E-state index in [9.17, 15) is 14.0 Å². The average Bonchev–Trinajstić information content (AvgIpc) is 2.82. The number of benzene rings is 3. The molecule has 168 valence electrons. The van der Waals surface area contributed by atoms with Gasteiger partial charge in [0.05, 0.1) is 12.2 Å². The van der Waals surface area contributed by atoms with Gasteiger partial charge in [-0.25, -0.2) is 4.39 Å². The van der Waals surface area contributed by atoms with Crippen LogP contribution in [0, 0.1) is 5.82 Å². The van der Waals surface area contributed by atoms with E-state index in [1.165, 1.54) is 12.1 Å². The van der Waals surface area contributed by atoms with Crippen molar-refractivity contribution in [2.24, 2.45) is 0 Å². The number of carbonyl (C=O) groups is 2. The quantitative estimate of drug-likeness (QED) is 0.563. The highest BCUT2D eigenvalue weighted by molar-refractivity contribution is 6.09. The van der Waals surface area contributed by atoms with Gasteiger partial charge in [0.1, 0.15) is 11.6 Å².